The summed E-state index contributed by atoms with van der Waals surface area (Å²) in [5.74, 6) is 0. The lowest BCUT2D eigenvalue weighted by molar-refractivity contribution is -0.137. The van der Waals surface area contributed by atoms with Crippen LogP contribution in [0.15, 0.2) is 72.9 Å². The summed E-state index contributed by atoms with van der Waals surface area (Å²) in [6.45, 7) is 0.475. The van der Waals surface area contributed by atoms with Gasteiger partial charge in [-0.2, -0.15) is 18.4 Å². The molecule has 0 aliphatic heterocycles. The lowest BCUT2D eigenvalue weighted by Crippen LogP contribution is -2.05. The van der Waals surface area contributed by atoms with E-state index in [1.807, 2.05) is 47.2 Å². The first-order chi connectivity index (χ1) is 13.4. The van der Waals surface area contributed by atoms with E-state index in [0.29, 0.717) is 12.2 Å². The first kappa shape index (κ1) is 17.8. The van der Waals surface area contributed by atoms with Gasteiger partial charge >= 0.3 is 6.18 Å². The lowest BCUT2D eigenvalue weighted by atomic mass is 10.1. The van der Waals surface area contributed by atoms with Crippen LogP contribution in [0.4, 0.5) is 13.2 Å². The van der Waals surface area contributed by atoms with Crippen LogP contribution in [0.25, 0.3) is 22.2 Å². The third kappa shape index (κ3) is 3.47. The molecule has 0 radical (unpaired) electrons. The molecule has 4 rings (SSSR count). The van der Waals surface area contributed by atoms with Crippen LogP contribution in [0, 0.1) is 11.3 Å². The van der Waals surface area contributed by atoms with Crippen molar-refractivity contribution in [2.45, 2.75) is 12.7 Å². The van der Waals surface area contributed by atoms with E-state index in [1.165, 1.54) is 12.1 Å². The first-order valence-electron chi connectivity index (χ1n) is 8.56. The van der Waals surface area contributed by atoms with Crippen molar-refractivity contribution in [3.63, 3.8) is 0 Å². The quantitative estimate of drug-likeness (QED) is 0.463. The number of pyridine rings is 1. The van der Waals surface area contributed by atoms with Gasteiger partial charge in [0.25, 0.3) is 0 Å². The summed E-state index contributed by atoms with van der Waals surface area (Å²) in [6.07, 6.45) is -2.42. The maximum absolute atomic E-state index is 12.7. The van der Waals surface area contributed by atoms with Crippen LogP contribution in [0.3, 0.4) is 0 Å². The molecule has 28 heavy (non-hydrogen) atoms. The number of nitrogens with zero attached hydrogens (tertiary/aromatic N) is 3. The van der Waals surface area contributed by atoms with Crippen molar-refractivity contribution in [1.29, 1.82) is 5.26 Å². The number of halogens is 3. The number of rotatable bonds is 3. The van der Waals surface area contributed by atoms with Crippen molar-refractivity contribution < 1.29 is 13.2 Å². The van der Waals surface area contributed by atoms with Crippen molar-refractivity contribution in [3.05, 3.63) is 89.7 Å². The summed E-state index contributed by atoms with van der Waals surface area (Å²) < 4.78 is 40.1. The van der Waals surface area contributed by atoms with Crippen molar-refractivity contribution >= 4 is 10.9 Å². The number of nitriles is 1. The molecule has 0 fully saturated rings. The molecule has 0 spiro atoms. The van der Waals surface area contributed by atoms with E-state index in [0.717, 1.165) is 39.9 Å². The van der Waals surface area contributed by atoms with Crippen LogP contribution in [-0.2, 0) is 12.7 Å². The van der Waals surface area contributed by atoms with Crippen molar-refractivity contribution in [1.82, 2.24) is 9.55 Å². The average Bonchev–Trinajstić information content (AvgIpc) is 3.10. The monoisotopic (exact) mass is 377 g/mol. The summed E-state index contributed by atoms with van der Waals surface area (Å²) in [4.78, 5) is 4.31. The molecule has 2 heterocycles. The number of benzene rings is 2. The van der Waals surface area contributed by atoms with Gasteiger partial charge in [0.2, 0.25) is 0 Å². The molecule has 3 nitrogen and oxygen atoms in total. The Morgan fingerprint density at radius 2 is 1.75 bits per heavy atom. The molecule has 2 aromatic heterocycles. The molecule has 0 bridgehead atoms. The summed E-state index contributed by atoms with van der Waals surface area (Å²) in [6, 6.07) is 20.4. The second-order valence-corrected chi connectivity index (χ2v) is 6.43. The summed E-state index contributed by atoms with van der Waals surface area (Å²) in [7, 11) is 0. The van der Waals surface area contributed by atoms with Gasteiger partial charge in [0, 0.05) is 29.2 Å². The SMILES string of the molecule is N#Cc1cccc(-c2ccc3c(ccn3Cc3ccc(C(F)(F)F)cc3)c2)n1. The minimum absolute atomic E-state index is 0.359. The topological polar surface area (TPSA) is 41.6 Å². The Morgan fingerprint density at radius 3 is 2.46 bits per heavy atom. The minimum atomic E-state index is -4.33. The van der Waals surface area contributed by atoms with Gasteiger partial charge in [-0.05, 0) is 48.0 Å². The molecule has 0 saturated carbocycles. The highest BCUT2D eigenvalue weighted by atomic mass is 19.4. The molecule has 0 aliphatic rings. The molecule has 0 atom stereocenters. The highest BCUT2D eigenvalue weighted by Crippen LogP contribution is 2.29. The Morgan fingerprint density at radius 1 is 0.964 bits per heavy atom. The average molecular weight is 377 g/mol. The smallest absolute Gasteiger partial charge is 0.343 e. The Hall–Kier alpha value is -3.59. The second kappa shape index (κ2) is 6.86. The van der Waals surface area contributed by atoms with Crippen LogP contribution >= 0.6 is 0 Å². The van der Waals surface area contributed by atoms with Gasteiger partial charge in [-0.25, -0.2) is 4.98 Å². The normalized spacial score (nSPS) is 11.5. The Bertz CT molecular complexity index is 1180. The highest BCUT2D eigenvalue weighted by molar-refractivity contribution is 5.85. The second-order valence-electron chi connectivity index (χ2n) is 6.43. The van der Waals surface area contributed by atoms with E-state index in [4.69, 9.17) is 5.26 Å². The highest BCUT2D eigenvalue weighted by Gasteiger charge is 2.29. The maximum Gasteiger partial charge on any atom is 0.416 e. The number of alkyl halides is 3. The zero-order valence-electron chi connectivity index (χ0n) is 14.6. The van der Waals surface area contributed by atoms with Gasteiger partial charge in [0.15, 0.2) is 0 Å². The van der Waals surface area contributed by atoms with Gasteiger partial charge in [-0.1, -0.05) is 24.3 Å². The largest absolute Gasteiger partial charge is 0.416 e. The van der Waals surface area contributed by atoms with E-state index in [2.05, 4.69) is 4.98 Å². The summed E-state index contributed by atoms with van der Waals surface area (Å²) >= 11 is 0. The molecule has 4 aromatic rings. The summed E-state index contributed by atoms with van der Waals surface area (Å²) in [5, 5.41) is 10.0. The van der Waals surface area contributed by atoms with Gasteiger partial charge in [-0.15, -0.1) is 0 Å². The maximum atomic E-state index is 12.7. The fraction of sp³-hybridized carbons (Fsp3) is 0.0909. The Labute approximate surface area is 159 Å². The van der Waals surface area contributed by atoms with E-state index < -0.39 is 11.7 Å². The van der Waals surface area contributed by atoms with Gasteiger partial charge < -0.3 is 4.57 Å². The van der Waals surface area contributed by atoms with Crippen molar-refractivity contribution in [2.24, 2.45) is 0 Å². The van der Waals surface area contributed by atoms with Crippen LogP contribution in [0.5, 0.6) is 0 Å². The first-order valence-corrected chi connectivity index (χ1v) is 8.56. The van der Waals surface area contributed by atoms with Crippen LogP contribution in [0.2, 0.25) is 0 Å². The van der Waals surface area contributed by atoms with Crippen molar-refractivity contribution in [3.8, 4) is 17.3 Å². The van der Waals surface area contributed by atoms with Gasteiger partial charge in [-0.3, -0.25) is 0 Å². The van der Waals surface area contributed by atoms with Crippen LogP contribution < -0.4 is 0 Å². The van der Waals surface area contributed by atoms with Crippen LogP contribution in [0.1, 0.15) is 16.8 Å². The fourth-order valence-electron chi connectivity index (χ4n) is 3.15. The lowest BCUT2D eigenvalue weighted by Gasteiger charge is -2.09. The molecule has 6 heteroatoms. The number of aromatic nitrogens is 2. The zero-order chi connectivity index (χ0) is 19.7. The Balaban J connectivity index is 1.62. The standard InChI is InChI=1S/C22H14F3N3/c23-22(24,25)18-7-4-15(5-8-18)14-28-11-10-17-12-16(6-9-21(17)28)20-3-1-2-19(13-26)27-20/h1-12H,14H2. The molecule has 0 unspecified atom stereocenters. The van der Waals surface area contributed by atoms with Gasteiger partial charge in [0.1, 0.15) is 11.8 Å². The van der Waals surface area contributed by atoms with E-state index in [9.17, 15) is 13.2 Å². The fourth-order valence-corrected chi connectivity index (χ4v) is 3.15. The van der Waals surface area contributed by atoms with Crippen molar-refractivity contribution in [2.75, 3.05) is 0 Å². The molecule has 138 valence electrons. The van der Waals surface area contributed by atoms with Crippen LogP contribution in [-0.4, -0.2) is 9.55 Å². The summed E-state index contributed by atoms with van der Waals surface area (Å²) in [5.41, 5.74) is 3.09. The molecular weight excluding hydrogens is 363 g/mol. The predicted molar refractivity (Wildman–Crippen MR) is 100 cm³/mol. The number of hydrogen-bond acceptors (Lipinski definition) is 2. The van der Waals surface area contributed by atoms with E-state index in [1.54, 1.807) is 12.1 Å². The van der Waals surface area contributed by atoms with E-state index >= 15 is 0 Å². The number of fused-ring (bicyclic) bond motifs is 1. The molecule has 0 aliphatic carbocycles. The predicted octanol–water partition coefficient (Wildman–Crippen LogP) is 5.64. The molecular formula is C22H14F3N3. The van der Waals surface area contributed by atoms with E-state index in [-0.39, 0.29) is 0 Å². The molecule has 0 amide bonds. The number of hydrogen-bond donors (Lipinski definition) is 0. The minimum Gasteiger partial charge on any atom is -0.343 e. The molecule has 0 saturated heterocycles. The molecule has 0 N–H and O–H groups in total. The third-order valence-electron chi connectivity index (χ3n) is 4.56. The Kier molecular flexibility index (Phi) is 4.36. The third-order valence-corrected chi connectivity index (χ3v) is 4.56. The zero-order valence-corrected chi connectivity index (χ0v) is 14.6. The van der Waals surface area contributed by atoms with Gasteiger partial charge in [0.05, 0.1) is 11.3 Å². The molecule has 2 aromatic carbocycles.